The van der Waals surface area contributed by atoms with Crippen LogP contribution in [0.3, 0.4) is 0 Å². The summed E-state index contributed by atoms with van der Waals surface area (Å²) in [5.74, 6) is 2.65. The Balaban J connectivity index is 1.44. The first-order chi connectivity index (χ1) is 12.2. The SMILES string of the molecule is CN(C)c1ccnc(N2CCN(c3cc4c(nn3)CCOC4)CC2)n1. The molecule has 0 amide bonds. The molecule has 25 heavy (non-hydrogen) atoms. The van der Waals surface area contributed by atoms with E-state index in [1.165, 1.54) is 5.56 Å². The van der Waals surface area contributed by atoms with E-state index in [1.807, 2.05) is 31.3 Å². The molecule has 8 heteroatoms. The zero-order valence-corrected chi connectivity index (χ0v) is 14.7. The summed E-state index contributed by atoms with van der Waals surface area (Å²) in [6.07, 6.45) is 2.68. The Morgan fingerprint density at radius 2 is 1.88 bits per heavy atom. The quantitative estimate of drug-likeness (QED) is 0.809. The monoisotopic (exact) mass is 341 g/mol. The number of ether oxygens (including phenoxy) is 1. The highest BCUT2D eigenvalue weighted by Gasteiger charge is 2.22. The maximum absolute atomic E-state index is 5.53. The second-order valence-corrected chi connectivity index (χ2v) is 6.56. The van der Waals surface area contributed by atoms with E-state index >= 15 is 0 Å². The van der Waals surface area contributed by atoms with Gasteiger partial charge in [-0.15, -0.1) is 5.10 Å². The molecule has 0 spiro atoms. The van der Waals surface area contributed by atoms with Gasteiger partial charge in [-0.05, 0) is 12.1 Å². The number of aromatic nitrogens is 4. The highest BCUT2D eigenvalue weighted by atomic mass is 16.5. The third-order valence-corrected chi connectivity index (χ3v) is 4.66. The molecule has 2 aliphatic heterocycles. The van der Waals surface area contributed by atoms with Gasteiger partial charge in [-0.3, -0.25) is 0 Å². The number of hydrogen-bond acceptors (Lipinski definition) is 8. The maximum atomic E-state index is 5.53. The third kappa shape index (κ3) is 3.34. The average molecular weight is 341 g/mol. The number of nitrogens with zero attached hydrogens (tertiary/aromatic N) is 7. The molecule has 1 fully saturated rings. The van der Waals surface area contributed by atoms with Gasteiger partial charge in [0.25, 0.3) is 0 Å². The Morgan fingerprint density at radius 1 is 1.08 bits per heavy atom. The van der Waals surface area contributed by atoms with E-state index in [9.17, 15) is 0 Å². The Kier molecular flexibility index (Phi) is 4.35. The van der Waals surface area contributed by atoms with Crippen molar-refractivity contribution in [1.82, 2.24) is 20.2 Å². The van der Waals surface area contributed by atoms with Crippen LogP contribution in [0.4, 0.5) is 17.6 Å². The highest BCUT2D eigenvalue weighted by Crippen LogP contribution is 2.21. The van der Waals surface area contributed by atoms with Gasteiger partial charge < -0.3 is 19.4 Å². The lowest BCUT2D eigenvalue weighted by atomic mass is 10.1. The molecule has 0 bridgehead atoms. The van der Waals surface area contributed by atoms with Gasteiger partial charge in [0.2, 0.25) is 5.95 Å². The predicted molar refractivity (Wildman–Crippen MR) is 96.2 cm³/mol. The Hall–Kier alpha value is -2.48. The molecule has 0 N–H and O–H groups in total. The van der Waals surface area contributed by atoms with Gasteiger partial charge in [0.15, 0.2) is 5.82 Å². The predicted octanol–water partition coefficient (Wildman–Crippen LogP) is 0.732. The molecule has 4 heterocycles. The summed E-state index contributed by atoms with van der Waals surface area (Å²) in [6.45, 7) is 4.88. The lowest BCUT2D eigenvalue weighted by Crippen LogP contribution is -2.47. The molecular formula is C17H23N7O. The van der Waals surface area contributed by atoms with Crippen LogP contribution in [0.15, 0.2) is 18.3 Å². The van der Waals surface area contributed by atoms with Crippen LogP contribution in [0, 0.1) is 0 Å². The maximum Gasteiger partial charge on any atom is 0.227 e. The Bertz CT molecular complexity index is 744. The number of anilines is 3. The van der Waals surface area contributed by atoms with Crippen molar-refractivity contribution < 1.29 is 4.74 Å². The molecule has 0 unspecified atom stereocenters. The van der Waals surface area contributed by atoms with Gasteiger partial charge in [-0.1, -0.05) is 0 Å². The standard InChI is InChI=1S/C17H23N7O/c1-22(2)15-3-5-18-17(19-15)24-8-6-23(7-9-24)16-11-13-12-25-10-4-14(13)20-21-16/h3,5,11H,4,6-10,12H2,1-2H3. The summed E-state index contributed by atoms with van der Waals surface area (Å²) in [5.41, 5.74) is 2.24. The second kappa shape index (κ2) is 6.79. The lowest BCUT2D eigenvalue weighted by molar-refractivity contribution is 0.109. The van der Waals surface area contributed by atoms with Crippen LogP contribution in [0.25, 0.3) is 0 Å². The Morgan fingerprint density at radius 3 is 2.68 bits per heavy atom. The molecular weight excluding hydrogens is 318 g/mol. The van der Waals surface area contributed by atoms with Crippen molar-refractivity contribution in [2.75, 3.05) is 61.6 Å². The normalized spacial score (nSPS) is 17.4. The van der Waals surface area contributed by atoms with Crippen LogP contribution in [0.1, 0.15) is 11.3 Å². The van der Waals surface area contributed by atoms with Crippen LogP contribution in [0.5, 0.6) is 0 Å². The first-order valence-corrected chi connectivity index (χ1v) is 8.64. The average Bonchev–Trinajstić information content (AvgIpc) is 2.68. The number of fused-ring (bicyclic) bond motifs is 1. The first-order valence-electron chi connectivity index (χ1n) is 8.64. The molecule has 2 aromatic heterocycles. The van der Waals surface area contributed by atoms with E-state index in [1.54, 1.807) is 0 Å². The van der Waals surface area contributed by atoms with Crippen molar-refractivity contribution in [2.45, 2.75) is 13.0 Å². The summed E-state index contributed by atoms with van der Waals surface area (Å²) >= 11 is 0. The molecule has 4 rings (SSSR count). The minimum absolute atomic E-state index is 0.642. The van der Waals surface area contributed by atoms with Gasteiger partial charge >= 0.3 is 0 Å². The van der Waals surface area contributed by atoms with Crippen molar-refractivity contribution in [1.29, 1.82) is 0 Å². The van der Waals surface area contributed by atoms with Gasteiger partial charge in [0.05, 0.1) is 18.9 Å². The van der Waals surface area contributed by atoms with E-state index < -0.39 is 0 Å². The van der Waals surface area contributed by atoms with Crippen LogP contribution < -0.4 is 14.7 Å². The van der Waals surface area contributed by atoms with E-state index in [2.05, 4.69) is 36.0 Å². The van der Waals surface area contributed by atoms with Crippen LogP contribution in [-0.4, -0.2) is 67.0 Å². The van der Waals surface area contributed by atoms with Crippen LogP contribution >= 0.6 is 0 Å². The van der Waals surface area contributed by atoms with Gasteiger partial charge in [-0.2, -0.15) is 10.1 Å². The van der Waals surface area contributed by atoms with Crippen LogP contribution in [0.2, 0.25) is 0 Å². The summed E-state index contributed by atoms with van der Waals surface area (Å²) < 4.78 is 5.53. The molecule has 2 aromatic rings. The Labute approximate surface area is 147 Å². The molecule has 0 radical (unpaired) electrons. The van der Waals surface area contributed by atoms with Gasteiger partial charge in [0.1, 0.15) is 5.82 Å². The van der Waals surface area contributed by atoms with E-state index in [4.69, 9.17) is 4.74 Å². The smallest absolute Gasteiger partial charge is 0.227 e. The second-order valence-electron chi connectivity index (χ2n) is 6.56. The summed E-state index contributed by atoms with van der Waals surface area (Å²) in [5, 5.41) is 8.80. The molecule has 0 atom stereocenters. The molecule has 2 aliphatic rings. The largest absolute Gasteiger partial charge is 0.376 e. The minimum Gasteiger partial charge on any atom is -0.376 e. The van der Waals surface area contributed by atoms with E-state index in [0.29, 0.717) is 6.61 Å². The zero-order valence-electron chi connectivity index (χ0n) is 14.7. The third-order valence-electron chi connectivity index (χ3n) is 4.66. The summed E-state index contributed by atoms with van der Waals surface area (Å²) in [4.78, 5) is 15.5. The van der Waals surface area contributed by atoms with Gasteiger partial charge in [-0.25, -0.2) is 4.98 Å². The fourth-order valence-electron chi connectivity index (χ4n) is 3.16. The van der Waals surface area contributed by atoms with Crippen LogP contribution in [-0.2, 0) is 17.8 Å². The fourth-order valence-corrected chi connectivity index (χ4v) is 3.16. The summed E-state index contributed by atoms with van der Waals surface area (Å²) in [7, 11) is 3.98. The lowest BCUT2D eigenvalue weighted by Gasteiger charge is -2.35. The van der Waals surface area contributed by atoms with Crippen molar-refractivity contribution in [2.24, 2.45) is 0 Å². The first kappa shape index (κ1) is 16.0. The van der Waals surface area contributed by atoms with Crippen molar-refractivity contribution in [3.05, 3.63) is 29.6 Å². The molecule has 0 aliphatic carbocycles. The molecule has 0 aromatic carbocycles. The topological polar surface area (TPSA) is 70.5 Å². The van der Waals surface area contributed by atoms with E-state index in [-0.39, 0.29) is 0 Å². The summed E-state index contributed by atoms with van der Waals surface area (Å²) in [6, 6.07) is 4.05. The number of hydrogen-bond donors (Lipinski definition) is 0. The van der Waals surface area contributed by atoms with Crippen molar-refractivity contribution >= 4 is 17.6 Å². The zero-order chi connectivity index (χ0) is 17.2. The fraction of sp³-hybridized carbons (Fsp3) is 0.529. The number of piperazine rings is 1. The highest BCUT2D eigenvalue weighted by molar-refractivity contribution is 5.46. The minimum atomic E-state index is 0.642. The van der Waals surface area contributed by atoms with Gasteiger partial charge in [0, 0.05) is 58.5 Å². The van der Waals surface area contributed by atoms with Crippen molar-refractivity contribution in [3.8, 4) is 0 Å². The van der Waals surface area contributed by atoms with E-state index in [0.717, 1.165) is 62.5 Å². The molecule has 0 saturated carbocycles. The molecule has 132 valence electrons. The molecule has 1 saturated heterocycles. The van der Waals surface area contributed by atoms with Crippen molar-refractivity contribution in [3.63, 3.8) is 0 Å². The molecule has 8 nitrogen and oxygen atoms in total. The number of rotatable bonds is 3.